The molecular formula is C22H27F3N4O4. The number of hydrogen-bond donors (Lipinski definition) is 2. The molecule has 1 saturated heterocycles. The Balaban J connectivity index is 1.61. The summed E-state index contributed by atoms with van der Waals surface area (Å²) in [6.07, 6.45) is -2.84. The first-order valence-electron chi connectivity index (χ1n) is 10.8. The average Bonchev–Trinajstić information content (AvgIpc) is 2.75. The fourth-order valence-corrected chi connectivity index (χ4v) is 3.72. The molecule has 1 aromatic carbocycles. The predicted molar refractivity (Wildman–Crippen MR) is 115 cm³/mol. The number of benzene rings is 1. The number of aromatic carboxylic acids is 1. The molecule has 2 N–H and O–H groups in total. The van der Waals surface area contributed by atoms with Gasteiger partial charge in [0.05, 0.1) is 13.2 Å². The van der Waals surface area contributed by atoms with Gasteiger partial charge < -0.3 is 19.9 Å². The normalized spacial score (nSPS) is 15.3. The van der Waals surface area contributed by atoms with Gasteiger partial charge in [-0.05, 0) is 44.4 Å². The van der Waals surface area contributed by atoms with Crippen LogP contribution in [0.15, 0.2) is 24.4 Å². The molecule has 3 rings (SSSR count). The van der Waals surface area contributed by atoms with Crippen LogP contribution >= 0.6 is 0 Å². The Labute approximate surface area is 189 Å². The third-order valence-electron chi connectivity index (χ3n) is 5.18. The van der Waals surface area contributed by atoms with Crippen LogP contribution in [-0.2, 0) is 12.7 Å². The fourth-order valence-electron chi connectivity index (χ4n) is 3.72. The zero-order chi connectivity index (χ0) is 24.0. The number of carboxylic acid groups (broad SMARTS) is 1. The Morgan fingerprint density at radius 1 is 1.15 bits per heavy atom. The van der Waals surface area contributed by atoms with Crippen LogP contribution in [0.3, 0.4) is 0 Å². The summed E-state index contributed by atoms with van der Waals surface area (Å²) < 4.78 is 50.8. The van der Waals surface area contributed by atoms with E-state index < -0.39 is 23.4 Å². The molecule has 1 fully saturated rings. The van der Waals surface area contributed by atoms with Gasteiger partial charge in [-0.15, -0.1) is 0 Å². The second-order valence-corrected chi connectivity index (χ2v) is 7.63. The maximum atomic E-state index is 13.2. The summed E-state index contributed by atoms with van der Waals surface area (Å²) in [6.45, 7) is 7.08. The highest BCUT2D eigenvalue weighted by Gasteiger charge is 2.38. The first-order valence-corrected chi connectivity index (χ1v) is 10.8. The molecule has 0 atom stereocenters. The highest BCUT2D eigenvalue weighted by atomic mass is 19.4. The predicted octanol–water partition coefficient (Wildman–Crippen LogP) is 4.07. The van der Waals surface area contributed by atoms with E-state index in [1.54, 1.807) is 0 Å². The summed E-state index contributed by atoms with van der Waals surface area (Å²) in [7, 11) is 0. The molecule has 1 aliphatic heterocycles. The second kappa shape index (κ2) is 10.7. The number of rotatable bonds is 9. The summed E-state index contributed by atoms with van der Waals surface area (Å²) in [5.74, 6) is -0.450. The minimum absolute atomic E-state index is 0.119. The van der Waals surface area contributed by atoms with Crippen molar-refractivity contribution in [2.45, 2.75) is 45.5 Å². The van der Waals surface area contributed by atoms with E-state index in [1.807, 2.05) is 32.0 Å². The topological polar surface area (TPSA) is 96.8 Å². The van der Waals surface area contributed by atoms with Crippen LogP contribution in [0.25, 0.3) is 0 Å². The maximum absolute atomic E-state index is 13.2. The van der Waals surface area contributed by atoms with Gasteiger partial charge in [0.25, 0.3) is 0 Å². The maximum Gasteiger partial charge on any atom is 0.434 e. The standard InChI is InChI=1S/C22H27F3N4O4/c1-3-32-16-9-14(10-17(11-16)33-4-2)13-29-7-5-15(6-8-29)27-21-26-12-18(20(30)31)19(28-21)22(23,24)25/h9-12,15H,3-8,13H2,1-2H3,(H,30,31)(H,26,27,28). The van der Waals surface area contributed by atoms with Gasteiger partial charge in [0.2, 0.25) is 5.95 Å². The molecule has 0 unspecified atom stereocenters. The lowest BCUT2D eigenvalue weighted by atomic mass is 10.0. The molecule has 0 saturated carbocycles. The average molecular weight is 468 g/mol. The molecule has 2 aromatic rings. The van der Waals surface area contributed by atoms with Crippen molar-refractivity contribution in [3.05, 3.63) is 41.2 Å². The Bertz CT molecular complexity index is 939. The largest absolute Gasteiger partial charge is 0.494 e. The molecular weight excluding hydrogens is 441 g/mol. The Morgan fingerprint density at radius 2 is 1.76 bits per heavy atom. The van der Waals surface area contributed by atoms with Gasteiger partial charge in [0, 0.05) is 37.9 Å². The number of halogens is 3. The van der Waals surface area contributed by atoms with Crippen LogP contribution in [0, 0.1) is 0 Å². The minimum Gasteiger partial charge on any atom is -0.494 e. The highest BCUT2D eigenvalue weighted by molar-refractivity contribution is 5.88. The minimum atomic E-state index is -4.88. The molecule has 0 aliphatic carbocycles. The van der Waals surface area contributed by atoms with Gasteiger partial charge in [-0.3, -0.25) is 4.90 Å². The van der Waals surface area contributed by atoms with E-state index in [0.29, 0.717) is 38.8 Å². The SMILES string of the molecule is CCOc1cc(CN2CCC(Nc3ncc(C(=O)O)c(C(F)(F)F)n3)CC2)cc(OCC)c1. The molecule has 8 nitrogen and oxygen atoms in total. The van der Waals surface area contributed by atoms with Gasteiger partial charge in [-0.25, -0.2) is 14.8 Å². The number of carboxylic acids is 1. The number of nitrogens with one attached hydrogen (secondary N) is 1. The summed E-state index contributed by atoms with van der Waals surface area (Å²) in [4.78, 5) is 20.5. The first kappa shape index (κ1) is 24.6. The summed E-state index contributed by atoms with van der Waals surface area (Å²) in [5, 5.41) is 11.9. The molecule has 0 radical (unpaired) electrons. The van der Waals surface area contributed by atoms with Crippen molar-refractivity contribution in [2.24, 2.45) is 0 Å². The molecule has 0 bridgehead atoms. The van der Waals surface area contributed by atoms with E-state index in [1.165, 1.54) is 0 Å². The van der Waals surface area contributed by atoms with Crippen LogP contribution in [0.2, 0.25) is 0 Å². The Morgan fingerprint density at radius 3 is 2.27 bits per heavy atom. The number of likely N-dealkylation sites (tertiary alicyclic amines) is 1. The Kier molecular flexibility index (Phi) is 7.96. The van der Waals surface area contributed by atoms with Crippen LogP contribution < -0.4 is 14.8 Å². The number of alkyl halides is 3. The number of nitrogens with zero attached hydrogens (tertiary/aromatic N) is 3. The van der Waals surface area contributed by atoms with Crippen molar-refractivity contribution in [3.63, 3.8) is 0 Å². The molecule has 180 valence electrons. The molecule has 1 aliphatic rings. The molecule has 1 aromatic heterocycles. The fraction of sp³-hybridized carbons (Fsp3) is 0.500. The number of carbonyl (C=O) groups is 1. The van der Waals surface area contributed by atoms with E-state index in [9.17, 15) is 18.0 Å². The van der Waals surface area contributed by atoms with Gasteiger partial charge in [0.1, 0.15) is 17.1 Å². The molecule has 11 heteroatoms. The smallest absolute Gasteiger partial charge is 0.434 e. The zero-order valence-corrected chi connectivity index (χ0v) is 18.5. The Hall–Kier alpha value is -3.08. The van der Waals surface area contributed by atoms with Crippen molar-refractivity contribution < 1.29 is 32.5 Å². The molecule has 2 heterocycles. The van der Waals surface area contributed by atoms with Gasteiger partial charge >= 0.3 is 12.1 Å². The van der Waals surface area contributed by atoms with E-state index >= 15 is 0 Å². The van der Waals surface area contributed by atoms with Crippen molar-refractivity contribution in [2.75, 3.05) is 31.6 Å². The van der Waals surface area contributed by atoms with Gasteiger partial charge in [-0.1, -0.05) is 0 Å². The molecule has 0 amide bonds. The number of ether oxygens (including phenoxy) is 2. The number of piperidine rings is 1. The van der Waals surface area contributed by atoms with Gasteiger partial charge in [0.15, 0.2) is 5.69 Å². The van der Waals surface area contributed by atoms with Crippen molar-refractivity contribution >= 4 is 11.9 Å². The summed E-state index contributed by atoms with van der Waals surface area (Å²) >= 11 is 0. The van der Waals surface area contributed by atoms with Crippen LogP contribution in [0.1, 0.15) is 48.3 Å². The lowest BCUT2D eigenvalue weighted by Gasteiger charge is -2.32. The molecule has 0 spiro atoms. The lowest BCUT2D eigenvalue weighted by Crippen LogP contribution is -2.39. The van der Waals surface area contributed by atoms with Crippen molar-refractivity contribution in [1.29, 1.82) is 0 Å². The first-order chi connectivity index (χ1) is 15.7. The third-order valence-corrected chi connectivity index (χ3v) is 5.18. The van der Waals surface area contributed by atoms with E-state index in [4.69, 9.17) is 14.6 Å². The van der Waals surface area contributed by atoms with E-state index in [0.717, 1.165) is 30.2 Å². The van der Waals surface area contributed by atoms with Crippen LogP contribution in [0.4, 0.5) is 19.1 Å². The third kappa shape index (κ3) is 6.70. The van der Waals surface area contributed by atoms with E-state index in [2.05, 4.69) is 20.2 Å². The second-order valence-electron chi connectivity index (χ2n) is 7.63. The summed E-state index contributed by atoms with van der Waals surface area (Å²) in [6, 6.07) is 5.70. The van der Waals surface area contributed by atoms with Crippen LogP contribution in [-0.4, -0.2) is 58.3 Å². The van der Waals surface area contributed by atoms with Crippen LogP contribution in [0.5, 0.6) is 11.5 Å². The number of aromatic nitrogens is 2. The van der Waals surface area contributed by atoms with Crippen molar-refractivity contribution in [1.82, 2.24) is 14.9 Å². The number of anilines is 1. The van der Waals surface area contributed by atoms with E-state index in [-0.39, 0.29) is 12.0 Å². The zero-order valence-electron chi connectivity index (χ0n) is 18.5. The summed E-state index contributed by atoms with van der Waals surface area (Å²) in [5.41, 5.74) is -1.37. The van der Waals surface area contributed by atoms with Crippen molar-refractivity contribution in [3.8, 4) is 11.5 Å². The van der Waals surface area contributed by atoms with Gasteiger partial charge in [-0.2, -0.15) is 13.2 Å². The quantitative estimate of drug-likeness (QED) is 0.569. The lowest BCUT2D eigenvalue weighted by molar-refractivity contribution is -0.141. The molecule has 33 heavy (non-hydrogen) atoms. The number of hydrogen-bond acceptors (Lipinski definition) is 7. The highest BCUT2D eigenvalue weighted by Crippen LogP contribution is 2.31. The monoisotopic (exact) mass is 468 g/mol.